The second-order valence-electron chi connectivity index (χ2n) is 4.83. The van der Waals surface area contributed by atoms with Crippen molar-refractivity contribution in [2.75, 3.05) is 23.9 Å². The van der Waals surface area contributed by atoms with Crippen molar-refractivity contribution in [1.29, 1.82) is 0 Å². The van der Waals surface area contributed by atoms with Crippen molar-refractivity contribution in [3.8, 4) is 5.75 Å². The fourth-order valence-electron chi connectivity index (χ4n) is 2.03. The molecular formula is C15H18N2O3S. The molecule has 0 aliphatic heterocycles. The fourth-order valence-corrected chi connectivity index (χ4v) is 2.86. The molecule has 0 fully saturated rings. The molecule has 0 radical (unpaired) electrons. The van der Waals surface area contributed by atoms with Crippen LogP contribution in [0.3, 0.4) is 0 Å². The van der Waals surface area contributed by atoms with Crippen molar-refractivity contribution in [3.05, 3.63) is 48.0 Å². The lowest BCUT2D eigenvalue weighted by Gasteiger charge is -2.12. The van der Waals surface area contributed by atoms with E-state index >= 15 is 0 Å². The van der Waals surface area contributed by atoms with Gasteiger partial charge in [0.1, 0.15) is 5.75 Å². The van der Waals surface area contributed by atoms with Gasteiger partial charge in [-0.2, -0.15) is 0 Å². The lowest BCUT2D eigenvalue weighted by Crippen LogP contribution is -2.09. The van der Waals surface area contributed by atoms with Crippen LogP contribution in [0.5, 0.6) is 5.75 Å². The number of hydrogen-bond acceptors (Lipinski definition) is 5. The van der Waals surface area contributed by atoms with E-state index in [1.807, 2.05) is 12.1 Å². The van der Waals surface area contributed by atoms with Crippen molar-refractivity contribution in [3.63, 3.8) is 0 Å². The van der Waals surface area contributed by atoms with E-state index in [-0.39, 0.29) is 16.3 Å². The van der Waals surface area contributed by atoms with E-state index in [9.17, 15) is 13.5 Å². The first-order valence-electron chi connectivity index (χ1n) is 6.48. The van der Waals surface area contributed by atoms with Crippen LogP contribution in [0.1, 0.15) is 5.56 Å². The van der Waals surface area contributed by atoms with Gasteiger partial charge >= 0.3 is 0 Å². The van der Waals surface area contributed by atoms with Crippen LogP contribution in [0.2, 0.25) is 0 Å². The van der Waals surface area contributed by atoms with Crippen molar-refractivity contribution >= 4 is 21.2 Å². The maximum atomic E-state index is 11.6. The topological polar surface area (TPSA) is 92.4 Å². The van der Waals surface area contributed by atoms with Gasteiger partial charge in [0.05, 0.1) is 16.3 Å². The molecule has 0 saturated carbocycles. The van der Waals surface area contributed by atoms with Crippen LogP contribution in [0, 0.1) is 0 Å². The Morgan fingerprint density at radius 2 is 1.81 bits per heavy atom. The molecule has 4 N–H and O–H groups in total. The highest BCUT2D eigenvalue weighted by Gasteiger charge is 2.13. The summed E-state index contributed by atoms with van der Waals surface area (Å²) in [6.45, 7) is 0.613. The van der Waals surface area contributed by atoms with Gasteiger partial charge in [0.15, 0.2) is 9.84 Å². The van der Waals surface area contributed by atoms with Gasteiger partial charge in [-0.25, -0.2) is 8.42 Å². The Bertz CT molecular complexity index is 725. The molecule has 0 bridgehead atoms. The van der Waals surface area contributed by atoms with E-state index in [0.717, 1.165) is 18.2 Å². The first-order chi connectivity index (χ1) is 9.88. The molecule has 0 amide bonds. The van der Waals surface area contributed by atoms with Gasteiger partial charge in [-0.3, -0.25) is 0 Å². The summed E-state index contributed by atoms with van der Waals surface area (Å²) < 4.78 is 23.2. The van der Waals surface area contributed by atoms with E-state index < -0.39 is 9.84 Å². The van der Waals surface area contributed by atoms with Crippen molar-refractivity contribution in [2.45, 2.75) is 11.3 Å². The molecule has 0 aromatic heterocycles. The number of phenols is 1. The monoisotopic (exact) mass is 306 g/mol. The summed E-state index contributed by atoms with van der Waals surface area (Å²) in [6.07, 6.45) is 1.88. The van der Waals surface area contributed by atoms with Crippen LogP contribution in [0.4, 0.5) is 11.4 Å². The summed E-state index contributed by atoms with van der Waals surface area (Å²) in [5, 5.41) is 12.4. The van der Waals surface area contributed by atoms with Gasteiger partial charge in [0.2, 0.25) is 0 Å². The molecular weight excluding hydrogens is 288 g/mol. The number of benzene rings is 2. The largest absolute Gasteiger partial charge is 0.508 e. The zero-order valence-corrected chi connectivity index (χ0v) is 12.5. The van der Waals surface area contributed by atoms with E-state index in [2.05, 4.69) is 5.32 Å². The molecule has 6 heteroatoms. The zero-order valence-electron chi connectivity index (χ0n) is 11.7. The number of phenolic OH excluding ortho intramolecular Hbond substituents is 1. The highest BCUT2D eigenvalue weighted by Crippen LogP contribution is 2.26. The molecule has 0 saturated heterocycles. The standard InChI is InChI=1S/C15H18N2O3S/c1-21(19,20)14-4-2-3-13(15(14)16)17-10-9-11-5-7-12(18)8-6-11/h2-8,17-18H,9-10,16H2,1H3. The van der Waals surface area contributed by atoms with E-state index in [1.165, 1.54) is 6.07 Å². The Labute approximate surface area is 124 Å². The SMILES string of the molecule is CS(=O)(=O)c1cccc(NCCc2ccc(O)cc2)c1N. The molecule has 21 heavy (non-hydrogen) atoms. The predicted molar refractivity (Wildman–Crippen MR) is 84.3 cm³/mol. The molecule has 0 spiro atoms. The number of para-hydroxylation sites is 1. The summed E-state index contributed by atoms with van der Waals surface area (Å²) in [5.41, 5.74) is 7.81. The molecule has 5 nitrogen and oxygen atoms in total. The van der Waals surface area contributed by atoms with Crippen molar-refractivity contribution < 1.29 is 13.5 Å². The highest BCUT2D eigenvalue weighted by atomic mass is 32.2. The summed E-state index contributed by atoms with van der Waals surface area (Å²) in [5.74, 6) is 0.233. The average Bonchev–Trinajstić information content (AvgIpc) is 2.41. The number of nitrogen functional groups attached to an aromatic ring is 1. The third-order valence-electron chi connectivity index (χ3n) is 3.13. The summed E-state index contributed by atoms with van der Waals surface area (Å²) in [4.78, 5) is 0.136. The van der Waals surface area contributed by atoms with Crippen LogP contribution in [0.15, 0.2) is 47.4 Å². The molecule has 2 rings (SSSR count). The van der Waals surface area contributed by atoms with Gasteiger partial charge in [-0.1, -0.05) is 18.2 Å². The summed E-state index contributed by atoms with van der Waals surface area (Å²) in [7, 11) is -3.33. The molecule has 0 aliphatic carbocycles. The van der Waals surface area contributed by atoms with Crippen molar-refractivity contribution in [1.82, 2.24) is 0 Å². The Hall–Kier alpha value is -2.21. The van der Waals surface area contributed by atoms with Crippen LogP contribution < -0.4 is 11.1 Å². The molecule has 0 unspecified atom stereocenters. The van der Waals surface area contributed by atoms with Gasteiger partial charge < -0.3 is 16.2 Å². The number of sulfone groups is 1. The lowest BCUT2D eigenvalue weighted by molar-refractivity contribution is 0.475. The predicted octanol–water partition coefficient (Wildman–Crippen LogP) is 2.03. The van der Waals surface area contributed by atoms with E-state index in [0.29, 0.717) is 12.2 Å². The number of hydrogen-bond donors (Lipinski definition) is 3. The Kier molecular flexibility index (Phi) is 4.37. The smallest absolute Gasteiger partial charge is 0.177 e. The molecule has 2 aromatic carbocycles. The number of rotatable bonds is 5. The fraction of sp³-hybridized carbons (Fsp3) is 0.200. The van der Waals surface area contributed by atoms with Crippen LogP contribution in [-0.4, -0.2) is 26.3 Å². The highest BCUT2D eigenvalue weighted by molar-refractivity contribution is 7.90. The maximum absolute atomic E-state index is 11.6. The second kappa shape index (κ2) is 6.05. The minimum absolute atomic E-state index is 0.136. The third-order valence-corrected chi connectivity index (χ3v) is 4.29. The van der Waals surface area contributed by atoms with Crippen LogP contribution in [-0.2, 0) is 16.3 Å². The lowest BCUT2D eigenvalue weighted by atomic mass is 10.1. The number of nitrogens with one attached hydrogen (secondary N) is 1. The van der Waals surface area contributed by atoms with E-state index in [1.54, 1.807) is 24.3 Å². The van der Waals surface area contributed by atoms with Crippen LogP contribution >= 0.6 is 0 Å². The molecule has 2 aromatic rings. The van der Waals surface area contributed by atoms with Gasteiger partial charge in [0.25, 0.3) is 0 Å². The average molecular weight is 306 g/mol. The molecule has 0 aliphatic rings. The zero-order chi connectivity index (χ0) is 15.5. The second-order valence-corrected chi connectivity index (χ2v) is 6.82. The summed E-state index contributed by atoms with van der Waals surface area (Å²) in [6, 6.07) is 11.9. The van der Waals surface area contributed by atoms with Gasteiger partial charge in [-0.05, 0) is 36.2 Å². The minimum Gasteiger partial charge on any atom is -0.508 e. The molecule has 112 valence electrons. The number of aromatic hydroxyl groups is 1. The third kappa shape index (κ3) is 3.88. The molecule has 0 atom stereocenters. The van der Waals surface area contributed by atoms with Gasteiger partial charge in [0, 0.05) is 12.8 Å². The normalized spacial score (nSPS) is 11.3. The van der Waals surface area contributed by atoms with E-state index in [4.69, 9.17) is 5.73 Å². The first-order valence-corrected chi connectivity index (χ1v) is 8.37. The maximum Gasteiger partial charge on any atom is 0.177 e. The number of anilines is 2. The summed E-state index contributed by atoms with van der Waals surface area (Å²) >= 11 is 0. The Morgan fingerprint density at radius 3 is 2.43 bits per heavy atom. The Morgan fingerprint density at radius 1 is 1.14 bits per heavy atom. The van der Waals surface area contributed by atoms with Gasteiger partial charge in [-0.15, -0.1) is 0 Å². The molecule has 0 heterocycles. The number of nitrogens with two attached hydrogens (primary N) is 1. The Balaban J connectivity index is 2.05. The van der Waals surface area contributed by atoms with Crippen LogP contribution in [0.25, 0.3) is 0 Å². The quantitative estimate of drug-likeness (QED) is 0.735. The minimum atomic E-state index is -3.33. The van der Waals surface area contributed by atoms with Crippen molar-refractivity contribution in [2.24, 2.45) is 0 Å². The first kappa shape index (κ1) is 15.2.